The summed E-state index contributed by atoms with van der Waals surface area (Å²) in [6.45, 7) is 1.76. The molecule has 2 saturated heterocycles. The van der Waals surface area contributed by atoms with Crippen molar-refractivity contribution in [1.82, 2.24) is 15.1 Å². The van der Waals surface area contributed by atoms with Gasteiger partial charge < -0.3 is 9.80 Å². The number of carbonyl (C=O) groups is 2. The Bertz CT molecular complexity index is 662. The van der Waals surface area contributed by atoms with Crippen LogP contribution >= 0.6 is 0 Å². The lowest BCUT2D eigenvalue weighted by Crippen LogP contribution is -2.70. The molecule has 0 bridgehead atoms. The second-order valence-corrected chi connectivity index (χ2v) is 6.64. The van der Waals surface area contributed by atoms with E-state index in [9.17, 15) is 9.59 Å². The first kappa shape index (κ1) is 14.5. The number of anilines is 1. The summed E-state index contributed by atoms with van der Waals surface area (Å²) in [4.78, 5) is 30.3. The highest BCUT2D eigenvalue weighted by atomic mass is 16.2. The summed E-state index contributed by atoms with van der Waals surface area (Å²) in [6.07, 6.45) is 1.73. The van der Waals surface area contributed by atoms with Crippen LogP contribution in [-0.2, 0) is 11.2 Å². The number of fused-ring (bicyclic) bond motifs is 2. The number of hydrogen-bond acceptors (Lipinski definition) is 4. The van der Waals surface area contributed by atoms with Gasteiger partial charge in [0.15, 0.2) is 0 Å². The molecule has 1 aromatic rings. The number of piperidine rings is 1. The monoisotopic (exact) mass is 314 g/mol. The maximum absolute atomic E-state index is 12.8. The quantitative estimate of drug-likeness (QED) is 0.836. The van der Waals surface area contributed by atoms with Crippen molar-refractivity contribution in [2.45, 2.75) is 25.0 Å². The van der Waals surface area contributed by atoms with E-state index in [1.165, 1.54) is 16.2 Å². The average molecular weight is 314 g/mol. The van der Waals surface area contributed by atoms with Gasteiger partial charge in [0.05, 0.1) is 12.1 Å². The maximum Gasteiger partial charge on any atom is 0.327 e. The molecule has 6 nitrogen and oxygen atoms in total. The third-order valence-electron chi connectivity index (χ3n) is 5.49. The van der Waals surface area contributed by atoms with Crippen molar-refractivity contribution in [3.05, 3.63) is 29.8 Å². The Balaban J connectivity index is 1.70. The fourth-order valence-electron chi connectivity index (χ4n) is 4.30. The Morgan fingerprint density at radius 3 is 2.78 bits per heavy atom. The molecule has 3 unspecified atom stereocenters. The number of para-hydroxylation sites is 1. The largest absolute Gasteiger partial charge is 0.367 e. The van der Waals surface area contributed by atoms with Crippen LogP contribution < -0.4 is 10.2 Å². The molecule has 0 radical (unpaired) electrons. The molecule has 3 amide bonds. The highest BCUT2D eigenvalue weighted by Gasteiger charge is 2.50. The molecule has 122 valence electrons. The zero-order chi connectivity index (χ0) is 16.1. The highest BCUT2D eigenvalue weighted by molar-refractivity contribution is 5.98. The summed E-state index contributed by atoms with van der Waals surface area (Å²) in [5.41, 5.74) is 2.59. The van der Waals surface area contributed by atoms with E-state index in [0.29, 0.717) is 0 Å². The summed E-state index contributed by atoms with van der Waals surface area (Å²) in [7, 11) is 3.36. The Morgan fingerprint density at radius 1 is 1.17 bits per heavy atom. The third-order valence-corrected chi connectivity index (χ3v) is 5.49. The SMILES string of the molecule is CN1C(=O)C2C(NCCC2N2CCc3ccccc32)N(C)C1=O. The van der Waals surface area contributed by atoms with Crippen molar-refractivity contribution < 1.29 is 9.59 Å². The molecule has 3 atom stereocenters. The molecule has 0 saturated carbocycles. The van der Waals surface area contributed by atoms with Crippen LogP contribution in [0.1, 0.15) is 12.0 Å². The second-order valence-electron chi connectivity index (χ2n) is 6.64. The maximum atomic E-state index is 12.8. The van der Waals surface area contributed by atoms with Gasteiger partial charge in [-0.2, -0.15) is 0 Å². The van der Waals surface area contributed by atoms with E-state index in [-0.39, 0.29) is 30.1 Å². The summed E-state index contributed by atoms with van der Waals surface area (Å²) in [5.74, 6) is -0.290. The van der Waals surface area contributed by atoms with Crippen LogP contribution in [0.5, 0.6) is 0 Å². The third kappa shape index (κ3) is 2.05. The summed E-state index contributed by atoms with van der Waals surface area (Å²) < 4.78 is 0. The minimum Gasteiger partial charge on any atom is -0.367 e. The molecule has 0 aliphatic carbocycles. The molecular formula is C17H22N4O2. The summed E-state index contributed by atoms with van der Waals surface area (Å²) in [5, 5.41) is 3.36. The Kier molecular flexibility index (Phi) is 3.30. The molecule has 0 spiro atoms. The smallest absolute Gasteiger partial charge is 0.327 e. The summed E-state index contributed by atoms with van der Waals surface area (Å²) >= 11 is 0. The van der Waals surface area contributed by atoms with Crippen LogP contribution in [0.15, 0.2) is 24.3 Å². The normalized spacial score (nSPS) is 30.5. The molecule has 3 aliphatic rings. The van der Waals surface area contributed by atoms with Crippen molar-refractivity contribution in [2.24, 2.45) is 5.92 Å². The first-order valence-electron chi connectivity index (χ1n) is 8.22. The van der Waals surface area contributed by atoms with Gasteiger partial charge in [-0.25, -0.2) is 4.79 Å². The average Bonchev–Trinajstić information content (AvgIpc) is 3.01. The van der Waals surface area contributed by atoms with E-state index in [1.807, 2.05) is 0 Å². The van der Waals surface area contributed by atoms with Gasteiger partial charge in [0.2, 0.25) is 5.91 Å². The zero-order valence-corrected chi connectivity index (χ0v) is 13.5. The number of nitrogens with one attached hydrogen (secondary N) is 1. The van der Waals surface area contributed by atoms with Crippen LogP contribution in [0.4, 0.5) is 10.5 Å². The number of rotatable bonds is 1. The Morgan fingerprint density at radius 2 is 1.96 bits per heavy atom. The van der Waals surface area contributed by atoms with Gasteiger partial charge in [0.1, 0.15) is 0 Å². The fraction of sp³-hybridized carbons (Fsp3) is 0.529. The van der Waals surface area contributed by atoms with Crippen molar-refractivity contribution in [3.8, 4) is 0 Å². The first-order valence-corrected chi connectivity index (χ1v) is 8.22. The Hall–Kier alpha value is -2.08. The first-order chi connectivity index (χ1) is 11.1. The van der Waals surface area contributed by atoms with E-state index in [2.05, 4.69) is 34.5 Å². The Labute approximate surface area is 136 Å². The van der Waals surface area contributed by atoms with Crippen molar-refractivity contribution in [1.29, 1.82) is 0 Å². The number of nitrogens with zero attached hydrogens (tertiary/aromatic N) is 3. The van der Waals surface area contributed by atoms with Crippen molar-refractivity contribution in [3.63, 3.8) is 0 Å². The van der Waals surface area contributed by atoms with Gasteiger partial charge in [-0.15, -0.1) is 0 Å². The van der Waals surface area contributed by atoms with Gasteiger partial charge >= 0.3 is 6.03 Å². The standard InChI is InChI=1S/C17H22N4O2/c1-19-15-14(16(22)20(2)17(19)23)13(7-9-18-15)21-10-8-11-5-3-4-6-12(11)21/h3-6,13-15,18H,7-10H2,1-2H3. The van der Waals surface area contributed by atoms with E-state index < -0.39 is 0 Å². The van der Waals surface area contributed by atoms with Crippen LogP contribution in [0, 0.1) is 5.92 Å². The zero-order valence-electron chi connectivity index (χ0n) is 13.5. The van der Waals surface area contributed by atoms with E-state index in [4.69, 9.17) is 0 Å². The van der Waals surface area contributed by atoms with Crippen molar-refractivity contribution in [2.75, 3.05) is 32.1 Å². The number of benzene rings is 1. The number of carbonyl (C=O) groups excluding carboxylic acids is 2. The number of urea groups is 1. The molecule has 0 aromatic heterocycles. The lowest BCUT2D eigenvalue weighted by molar-refractivity contribution is -0.140. The topological polar surface area (TPSA) is 55.9 Å². The summed E-state index contributed by atoms with van der Waals surface area (Å²) in [6, 6.07) is 8.34. The van der Waals surface area contributed by atoms with Crippen LogP contribution in [0.25, 0.3) is 0 Å². The highest BCUT2D eigenvalue weighted by Crippen LogP contribution is 2.36. The van der Waals surface area contributed by atoms with E-state index in [1.54, 1.807) is 19.0 Å². The van der Waals surface area contributed by atoms with Crippen LogP contribution in [0.3, 0.4) is 0 Å². The van der Waals surface area contributed by atoms with Crippen LogP contribution in [-0.4, -0.2) is 61.1 Å². The number of hydrogen-bond donors (Lipinski definition) is 1. The molecular weight excluding hydrogens is 292 g/mol. The molecule has 23 heavy (non-hydrogen) atoms. The lowest BCUT2D eigenvalue weighted by Gasteiger charge is -2.50. The van der Waals surface area contributed by atoms with Gasteiger partial charge in [-0.3, -0.25) is 15.0 Å². The lowest BCUT2D eigenvalue weighted by atomic mass is 9.85. The van der Waals surface area contributed by atoms with Gasteiger partial charge in [-0.05, 0) is 31.0 Å². The van der Waals surface area contributed by atoms with Crippen LogP contribution in [0.2, 0.25) is 0 Å². The predicted octanol–water partition coefficient (Wildman–Crippen LogP) is 0.877. The molecule has 3 heterocycles. The van der Waals surface area contributed by atoms with Gasteiger partial charge in [0.25, 0.3) is 0 Å². The number of amides is 3. The second kappa shape index (κ2) is 5.23. The molecule has 3 aliphatic heterocycles. The number of imide groups is 1. The molecule has 1 aromatic carbocycles. The van der Waals surface area contributed by atoms with E-state index in [0.717, 1.165) is 25.9 Å². The molecule has 6 heteroatoms. The molecule has 2 fully saturated rings. The fourth-order valence-corrected chi connectivity index (χ4v) is 4.30. The minimum atomic E-state index is -0.230. The molecule has 1 N–H and O–H groups in total. The van der Waals surface area contributed by atoms with Gasteiger partial charge in [-0.1, -0.05) is 18.2 Å². The van der Waals surface area contributed by atoms with Crippen molar-refractivity contribution >= 4 is 17.6 Å². The molecule has 4 rings (SSSR count). The van der Waals surface area contributed by atoms with Gasteiger partial charge in [0, 0.05) is 32.4 Å². The minimum absolute atomic E-state index is 0.0697. The predicted molar refractivity (Wildman–Crippen MR) is 87.1 cm³/mol. The van der Waals surface area contributed by atoms with E-state index >= 15 is 0 Å².